The van der Waals surface area contributed by atoms with E-state index in [-0.39, 0.29) is 0 Å². The van der Waals surface area contributed by atoms with E-state index >= 15 is 0 Å². The highest BCUT2D eigenvalue weighted by Crippen LogP contribution is 2.31. The van der Waals surface area contributed by atoms with Crippen molar-refractivity contribution >= 4 is 0 Å². The molecule has 1 heterocycles. The summed E-state index contributed by atoms with van der Waals surface area (Å²) in [5.74, 6) is 1.08. The van der Waals surface area contributed by atoms with Gasteiger partial charge in [-0.2, -0.15) is 0 Å². The van der Waals surface area contributed by atoms with E-state index < -0.39 is 0 Å². The van der Waals surface area contributed by atoms with Gasteiger partial charge in [-0.15, -0.1) is 0 Å². The van der Waals surface area contributed by atoms with Crippen LogP contribution in [0.5, 0.6) is 0 Å². The molecule has 14 heavy (non-hydrogen) atoms. The molecule has 1 saturated heterocycles. The normalized spacial score (nSPS) is 28.5. The highest BCUT2D eigenvalue weighted by Gasteiger charge is 2.23. The first kappa shape index (κ1) is 10.4. The maximum atomic E-state index is 3.62. The number of nitrogens with zero attached hydrogens (tertiary/aromatic N) is 1. The molecule has 0 aromatic heterocycles. The van der Waals surface area contributed by atoms with Crippen molar-refractivity contribution in [3.63, 3.8) is 0 Å². The van der Waals surface area contributed by atoms with Crippen LogP contribution >= 0.6 is 0 Å². The Labute approximate surface area is 88.1 Å². The summed E-state index contributed by atoms with van der Waals surface area (Å²) in [6.45, 7) is 7.31. The fraction of sp³-hybridized carbons (Fsp3) is 1.00. The van der Waals surface area contributed by atoms with Gasteiger partial charge in [0.25, 0.3) is 0 Å². The van der Waals surface area contributed by atoms with Crippen LogP contribution in [0.15, 0.2) is 0 Å². The van der Waals surface area contributed by atoms with Gasteiger partial charge in [-0.05, 0) is 44.8 Å². The second-order valence-corrected chi connectivity index (χ2v) is 4.86. The van der Waals surface area contributed by atoms with Crippen molar-refractivity contribution in [2.45, 2.75) is 45.1 Å². The molecule has 1 aliphatic carbocycles. The van der Waals surface area contributed by atoms with E-state index in [1.165, 1.54) is 58.3 Å². The lowest BCUT2D eigenvalue weighted by Gasteiger charge is -2.22. The third-order valence-electron chi connectivity index (χ3n) is 3.71. The Bertz CT molecular complexity index is 166. The fourth-order valence-corrected chi connectivity index (χ4v) is 2.52. The van der Waals surface area contributed by atoms with Crippen molar-refractivity contribution < 1.29 is 0 Å². The third kappa shape index (κ3) is 2.96. The third-order valence-corrected chi connectivity index (χ3v) is 3.71. The van der Waals surface area contributed by atoms with Crippen molar-refractivity contribution in [2.24, 2.45) is 5.92 Å². The Morgan fingerprint density at radius 2 is 2.14 bits per heavy atom. The molecule has 1 aliphatic heterocycles. The van der Waals surface area contributed by atoms with Crippen LogP contribution in [0, 0.1) is 5.92 Å². The number of nitrogens with one attached hydrogen (secondary N) is 1. The van der Waals surface area contributed by atoms with Crippen molar-refractivity contribution in [3.05, 3.63) is 0 Å². The number of hydrogen-bond donors (Lipinski definition) is 1. The summed E-state index contributed by atoms with van der Waals surface area (Å²) in [4.78, 5) is 2.62. The lowest BCUT2D eigenvalue weighted by atomic mass is 10.2. The molecule has 2 nitrogen and oxygen atoms in total. The Hall–Kier alpha value is -0.0800. The van der Waals surface area contributed by atoms with E-state index in [9.17, 15) is 0 Å². The van der Waals surface area contributed by atoms with Gasteiger partial charge in [0.2, 0.25) is 0 Å². The number of likely N-dealkylation sites (tertiary alicyclic amines) is 1. The van der Waals surface area contributed by atoms with Crippen LogP contribution in [-0.2, 0) is 0 Å². The smallest absolute Gasteiger partial charge is 0.0220 e. The molecule has 1 N–H and O–H groups in total. The van der Waals surface area contributed by atoms with Crippen molar-refractivity contribution in [1.29, 1.82) is 0 Å². The molecule has 0 radical (unpaired) electrons. The van der Waals surface area contributed by atoms with Gasteiger partial charge in [-0.25, -0.2) is 0 Å². The average Bonchev–Trinajstić information content (AvgIpc) is 2.91. The Balaban J connectivity index is 1.54. The summed E-state index contributed by atoms with van der Waals surface area (Å²) < 4.78 is 0. The first-order valence-electron chi connectivity index (χ1n) is 6.35. The summed E-state index contributed by atoms with van der Waals surface area (Å²) in [6, 6.07) is 0.833. The number of hydrogen-bond acceptors (Lipinski definition) is 2. The van der Waals surface area contributed by atoms with Gasteiger partial charge >= 0.3 is 0 Å². The quantitative estimate of drug-likeness (QED) is 0.652. The van der Waals surface area contributed by atoms with Crippen LogP contribution in [0.3, 0.4) is 0 Å². The Morgan fingerprint density at radius 1 is 1.29 bits per heavy atom. The number of likely N-dealkylation sites (N-methyl/N-ethyl adjacent to an activating group) is 1. The second-order valence-electron chi connectivity index (χ2n) is 4.86. The highest BCUT2D eigenvalue weighted by molar-refractivity contribution is 4.80. The van der Waals surface area contributed by atoms with E-state index in [4.69, 9.17) is 0 Å². The molecule has 2 aliphatic rings. The minimum absolute atomic E-state index is 0.833. The monoisotopic (exact) mass is 196 g/mol. The van der Waals surface area contributed by atoms with Crippen molar-refractivity contribution in [3.8, 4) is 0 Å². The Morgan fingerprint density at radius 3 is 2.86 bits per heavy atom. The van der Waals surface area contributed by atoms with E-state index in [1.54, 1.807) is 0 Å². The van der Waals surface area contributed by atoms with Crippen molar-refractivity contribution in [2.75, 3.05) is 26.2 Å². The molecule has 2 rings (SSSR count). The molecule has 2 fully saturated rings. The molecule has 1 atom stereocenters. The summed E-state index contributed by atoms with van der Waals surface area (Å²) in [5.41, 5.74) is 0. The van der Waals surface area contributed by atoms with Crippen LogP contribution in [-0.4, -0.2) is 37.1 Å². The van der Waals surface area contributed by atoms with Gasteiger partial charge in [0.05, 0.1) is 0 Å². The van der Waals surface area contributed by atoms with E-state index in [1.807, 2.05) is 0 Å². The van der Waals surface area contributed by atoms with E-state index in [2.05, 4.69) is 17.1 Å². The van der Waals surface area contributed by atoms with Gasteiger partial charge < -0.3 is 5.32 Å². The van der Waals surface area contributed by atoms with Gasteiger partial charge in [-0.1, -0.05) is 19.8 Å². The average molecular weight is 196 g/mol. The van der Waals surface area contributed by atoms with Crippen LogP contribution in [0.25, 0.3) is 0 Å². The molecular weight excluding hydrogens is 172 g/mol. The zero-order valence-electron chi connectivity index (χ0n) is 9.47. The molecule has 0 amide bonds. The predicted molar refractivity (Wildman–Crippen MR) is 60.5 cm³/mol. The van der Waals surface area contributed by atoms with Gasteiger partial charge in [-0.3, -0.25) is 4.90 Å². The predicted octanol–water partition coefficient (Wildman–Crippen LogP) is 1.86. The van der Waals surface area contributed by atoms with Crippen LogP contribution in [0.4, 0.5) is 0 Å². The summed E-state index contributed by atoms with van der Waals surface area (Å²) in [6.07, 6.45) is 7.21. The maximum absolute atomic E-state index is 3.62. The molecule has 0 spiro atoms. The van der Waals surface area contributed by atoms with Crippen LogP contribution in [0.1, 0.15) is 39.0 Å². The largest absolute Gasteiger partial charge is 0.315 e. The zero-order valence-corrected chi connectivity index (χ0v) is 9.47. The highest BCUT2D eigenvalue weighted by atomic mass is 15.2. The topological polar surface area (TPSA) is 15.3 Å². The molecular formula is C12H24N2. The molecule has 0 unspecified atom stereocenters. The standard InChI is InChI=1S/C12H24N2/c1-2-14-9-3-4-12(14)10-13-8-7-11-5-6-11/h11-13H,2-10H2,1H3/t12-/m1/s1. The summed E-state index contributed by atoms with van der Waals surface area (Å²) in [5, 5.41) is 3.62. The van der Waals surface area contributed by atoms with Crippen LogP contribution in [0.2, 0.25) is 0 Å². The molecule has 0 aromatic rings. The molecule has 1 saturated carbocycles. The molecule has 82 valence electrons. The van der Waals surface area contributed by atoms with E-state index in [0.29, 0.717) is 0 Å². The van der Waals surface area contributed by atoms with Gasteiger partial charge in [0.15, 0.2) is 0 Å². The second kappa shape index (κ2) is 5.13. The minimum atomic E-state index is 0.833. The van der Waals surface area contributed by atoms with Gasteiger partial charge in [0.1, 0.15) is 0 Å². The van der Waals surface area contributed by atoms with Crippen molar-refractivity contribution in [1.82, 2.24) is 10.2 Å². The maximum Gasteiger partial charge on any atom is 0.0220 e. The Kier molecular flexibility index (Phi) is 3.82. The first-order valence-corrected chi connectivity index (χ1v) is 6.35. The summed E-state index contributed by atoms with van der Waals surface area (Å²) in [7, 11) is 0. The molecule has 2 heteroatoms. The fourth-order valence-electron chi connectivity index (χ4n) is 2.52. The first-order chi connectivity index (χ1) is 6.90. The minimum Gasteiger partial charge on any atom is -0.315 e. The number of rotatable bonds is 6. The zero-order chi connectivity index (χ0) is 9.80. The SMILES string of the molecule is CCN1CCC[C@@H]1CNCCC1CC1. The lowest BCUT2D eigenvalue weighted by Crippen LogP contribution is -2.38. The molecule has 0 aromatic carbocycles. The van der Waals surface area contributed by atoms with E-state index in [0.717, 1.165) is 12.0 Å². The van der Waals surface area contributed by atoms with Gasteiger partial charge in [0, 0.05) is 12.6 Å². The lowest BCUT2D eigenvalue weighted by molar-refractivity contribution is 0.260. The molecule has 0 bridgehead atoms. The summed E-state index contributed by atoms with van der Waals surface area (Å²) >= 11 is 0. The van der Waals surface area contributed by atoms with Crippen LogP contribution < -0.4 is 5.32 Å².